The van der Waals surface area contributed by atoms with E-state index in [0.29, 0.717) is 24.9 Å². The van der Waals surface area contributed by atoms with Gasteiger partial charge in [-0.2, -0.15) is 0 Å². The van der Waals surface area contributed by atoms with Gasteiger partial charge in [-0.1, -0.05) is 12.1 Å². The summed E-state index contributed by atoms with van der Waals surface area (Å²) in [6.07, 6.45) is 4.52. The molecular weight excluding hydrogens is 456 g/mol. The monoisotopic (exact) mass is 488 g/mol. The Morgan fingerprint density at radius 2 is 1.89 bits per heavy atom. The lowest BCUT2D eigenvalue weighted by molar-refractivity contribution is -0.129. The summed E-state index contributed by atoms with van der Waals surface area (Å²) in [5.74, 6) is 0.924. The van der Waals surface area contributed by atoms with Crippen LogP contribution in [-0.2, 0) is 9.59 Å². The van der Waals surface area contributed by atoms with Gasteiger partial charge in [0.25, 0.3) is 0 Å². The first kappa shape index (κ1) is 22.8. The fourth-order valence-electron chi connectivity index (χ4n) is 5.24. The van der Waals surface area contributed by atoms with Gasteiger partial charge in [0.15, 0.2) is 0 Å². The average molecular weight is 489 g/mol. The van der Waals surface area contributed by atoms with Gasteiger partial charge in [-0.3, -0.25) is 9.59 Å². The zero-order valence-corrected chi connectivity index (χ0v) is 20.8. The Morgan fingerprint density at radius 3 is 2.53 bits per heavy atom. The van der Waals surface area contributed by atoms with Crippen LogP contribution in [0.4, 0.5) is 5.69 Å². The van der Waals surface area contributed by atoms with E-state index >= 15 is 0 Å². The summed E-state index contributed by atoms with van der Waals surface area (Å²) < 4.78 is 8.63. The molecule has 0 radical (unpaired) electrons. The second kappa shape index (κ2) is 9.11. The van der Waals surface area contributed by atoms with Crippen molar-refractivity contribution < 1.29 is 14.3 Å². The Hall–Kier alpha value is -3.62. The molecule has 2 amide bonds. The van der Waals surface area contributed by atoms with Crippen LogP contribution in [0, 0.1) is 5.92 Å². The number of amides is 2. The van der Waals surface area contributed by atoms with Crippen molar-refractivity contribution in [1.82, 2.24) is 24.8 Å². The molecule has 2 aromatic heterocycles. The minimum Gasteiger partial charge on any atom is -0.473 e. The fourth-order valence-corrected chi connectivity index (χ4v) is 5.24. The van der Waals surface area contributed by atoms with E-state index in [9.17, 15) is 9.59 Å². The van der Waals surface area contributed by atoms with Crippen molar-refractivity contribution in [2.24, 2.45) is 5.92 Å². The van der Waals surface area contributed by atoms with Crippen molar-refractivity contribution in [3.8, 4) is 17.1 Å². The summed E-state index contributed by atoms with van der Waals surface area (Å²) >= 11 is 0. The molecule has 1 aromatic carbocycles. The summed E-state index contributed by atoms with van der Waals surface area (Å²) in [7, 11) is 0. The van der Waals surface area contributed by atoms with E-state index in [1.807, 2.05) is 24.2 Å². The smallest absolute Gasteiger partial charge is 0.241 e. The topological polar surface area (TPSA) is 92.6 Å². The van der Waals surface area contributed by atoms with Crippen molar-refractivity contribution in [3.63, 3.8) is 0 Å². The predicted molar refractivity (Wildman–Crippen MR) is 137 cm³/mol. The molecule has 9 nitrogen and oxygen atoms in total. The highest BCUT2D eigenvalue weighted by atomic mass is 16.5. The molecule has 1 saturated carbocycles. The van der Waals surface area contributed by atoms with Gasteiger partial charge in [0.1, 0.15) is 11.6 Å². The second-order valence-electron chi connectivity index (χ2n) is 10.2. The zero-order chi connectivity index (χ0) is 24.8. The lowest BCUT2D eigenvalue weighted by atomic mass is 10.0. The van der Waals surface area contributed by atoms with Crippen LogP contribution in [0.25, 0.3) is 22.3 Å². The molecule has 36 heavy (non-hydrogen) atoms. The van der Waals surface area contributed by atoms with Crippen molar-refractivity contribution >= 4 is 28.5 Å². The number of pyridine rings is 1. The normalized spacial score (nSPS) is 21.1. The van der Waals surface area contributed by atoms with Gasteiger partial charge >= 0.3 is 0 Å². The summed E-state index contributed by atoms with van der Waals surface area (Å²) in [4.78, 5) is 37.2. The predicted octanol–water partition coefficient (Wildman–Crippen LogP) is 3.01. The molecule has 188 valence electrons. The SMILES string of the molecule is CC(=O)N1CCN(c2ccc(-c3cc4ncn(C5CC5)c4c(OC(C)C4CNC(=O)C4)n3)cc2)CC1. The molecule has 0 bridgehead atoms. The van der Waals surface area contributed by atoms with Gasteiger partial charge in [-0.25, -0.2) is 9.97 Å². The minimum absolute atomic E-state index is 0.0770. The van der Waals surface area contributed by atoms with Crippen LogP contribution in [0.1, 0.15) is 39.2 Å². The number of anilines is 1. The van der Waals surface area contributed by atoms with Crippen LogP contribution in [-0.4, -0.2) is 70.1 Å². The highest BCUT2D eigenvalue weighted by molar-refractivity contribution is 5.85. The fraction of sp³-hybridized carbons (Fsp3) is 0.481. The lowest BCUT2D eigenvalue weighted by Gasteiger charge is -2.35. The summed E-state index contributed by atoms with van der Waals surface area (Å²) in [5, 5.41) is 2.91. The number of hydrogen-bond acceptors (Lipinski definition) is 6. The van der Waals surface area contributed by atoms with Crippen molar-refractivity contribution in [2.45, 2.75) is 45.3 Å². The maximum Gasteiger partial charge on any atom is 0.241 e. The number of carbonyl (C=O) groups excluding carboxylic acids is 2. The molecule has 3 aromatic rings. The zero-order valence-electron chi connectivity index (χ0n) is 20.8. The Balaban J connectivity index is 1.27. The third-order valence-corrected chi connectivity index (χ3v) is 7.68. The van der Waals surface area contributed by atoms with Crippen LogP contribution in [0.3, 0.4) is 0 Å². The van der Waals surface area contributed by atoms with E-state index in [-0.39, 0.29) is 23.8 Å². The molecular formula is C27H32N6O3. The number of fused-ring (bicyclic) bond motifs is 1. The van der Waals surface area contributed by atoms with Gasteiger partial charge < -0.3 is 24.4 Å². The van der Waals surface area contributed by atoms with Crippen molar-refractivity contribution in [3.05, 3.63) is 36.7 Å². The molecule has 2 atom stereocenters. The van der Waals surface area contributed by atoms with Crippen molar-refractivity contribution in [2.75, 3.05) is 37.6 Å². The van der Waals surface area contributed by atoms with E-state index in [1.54, 1.807) is 6.92 Å². The maximum absolute atomic E-state index is 11.7. The number of piperazine rings is 1. The van der Waals surface area contributed by atoms with E-state index < -0.39 is 0 Å². The van der Waals surface area contributed by atoms with E-state index in [1.165, 1.54) is 0 Å². The van der Waals surface area contributed by atoms with Crippen LogP contribution in [0.5, 0.6) is 5.88 Å². The molecule has 2 aliphatic heterocycles. The molecule has 9 heteroatoms. The Bertz CT molecular complexity index is 1290. The third-order valence-electron chi connectivity index (χ3n) is 7.68. The van der Waals surface area contributed by atoms with Crippen LogP contribution in [0.15, 0.2) is 36.7 Å². The highest BCUT2D eigenvalue weighted by Crippen LogP contribution is 2.40. The molecule has 1 N–H and O–H groups in total. The quantitative estimate of drug-likeness (QED) is 0.574. The van der Waals surface area contributed by atoms with Gasteiger partial charge in [-0.05, 0) is 38.0 Å². The summed E-state index contributed by atoms with van der Waals surface area (Å²) in [6, 6.07) is 10.9. The van der Waals surface area contributed by atoms with Crippen LogP contribution < -0.4 is 15.0 Å². The van der Waals surface area contributed by atoms with Crippen molar-refractivity contribution in [1.29, 1.82) is 0 Å². The number of nitrogens with zero attached hydrogens (tertiary/aromatic N) is 5. The number of ether oxygens (including phenoxy) is 1. The average Bonchev–Trinajstić information content (AvgIpc) is 3.49. The first-order valence-electron chi connectivity index (χ1n) is 12.9. The molecule has 1 aliphatic carbocycles. The number of imidazole rings is 1. The van der Waals surface area contributed by atoms with Gasteiger partial charge in [-0.15, -0.1) is 0 Å². The minimum atomic E-state index is -0.145. The van der Waals surface area contributed by atoms with E-state index in [2.05, 4.69) is 39.0 Å². The number of aromatic nitrogens is 3. The Morgan fingerprint density at radius 1 is 1.14 bits per heavy atom. The molecule has 4 heterocycles. The summed E-state index contributed by atoms with van der Waals surface area (Å²) in [5.41, 5.74) is 4.77. The number of benzene rings is 1. The van der Waals surface area contributed by atoms with E-state index in [0.717, 1.165) is 67.0 Å². The summed E-state index contributed by atoms with van der Waals surface area (Å²) in [6.45, 7) is 7.44. The molecule has 6 rings (SSSR count). The maximum atomic E-state index is 11.7. The number of nitrogens with one attached hydrogen (secondary N) is 1. The van der Waals surface area contributed by atoms with Gasteiger partial charge in [0, 0.05) is 69.3 Å². The second-order valence-corrected chi connectivity index (χ2v) is 10.2. The van der Waals surface area contributed by atoms with Crippen LogP contribution >= 0.6 is 0 Å². The first-order chi connectivity index (χ1) is 17.5. The lowest BCUT2D eigenvalue weighted by Crippen LogP contribution is -2.48. The molecule has 2 unspecified atom stereocenters. The Labute approximate surface area is 210 Å². The van der Waals surface area contributed by atoms with E-state index in [4.69, 9.17) is 14.7 Å². The van der Waals surface area contributed by atoms with Gasteiger partial charge in [0.2, 0.25) is 17.7 Å². The molecule has 3 aliphatic rings. The molecule has 2 saturated heterocycles. The third kappa shape index (κ3) is 4.38. The van der Waals surface area contributed by atoms with Crippen LogP contribution in [0.2, 0.25) is 0 Å². The largest absolute Gasteiger partial charge is 0.473 e. The number of hydrogen-bond donors (Lipinski definition) is 1. The standard InChI is InChI=1S/C27H32N6O3/c1-17(20-13-25(35)28-15-20)36-27-26-24(29-16-33(26)22-7-8-22)14-23(30-27)19-3-5-21(6-4-19)32-11-9-31(10-12-32)18(2)34/h3-6,14,16-17,20,22H,7-13,15H2,1-2H3,(H,28,35). The first-order valence-corrected chi connectivity index (χ1v) is 12.9. The number of rotatable bonds is 6. The Kier molecular flexibility index (Phi) is 5.78. The molecule has 0 spiro atoms. The number of carbonyl (C=O) groups is 2. The van der Waals surface area contributed by atoms with Gasteiger partial charge in [0.05, 0.1) is 17.5 Å². The highest BCUT2D eigenvalue weighted by Gasteiger charge is 2.31. The molecule has 3 fully saturated rings.